The van der Waals surface area contributed by atoms with Crippen molar-refractivity contribution in [3.63, 3.8) is 0 Å². The molecular weight excluding hydrogens is 306 g/mol. The molecule has 0 bridgehead atoms. The number of rotatable bonds is 1. The summed E-state index contributed by atoms with van der Waals surface area (Å²) in [5.41, 5.74) is 0. The molecule has 0 radical (unpaired) electrons. The summed E-state index contributed by atoms with van der Waals surface area (Å²) in [5, 5.41) is 3.38. The maximum absolute atomic E-state index is 4.22. The molecule has 1 fully saturated rings. The molecule has 1 aromatic rings. The van der Waals surface area contributed by atoms with E-state index in [9.17, 15) is 0 Å². The maximum atomic E-state index is 4.22. The maximum Gasteiger partial charge on any atom is 0.225 e. The number of nitrogens with zero attached hydrogens (tertiary/aromatic N) is 3. The average molecular weight is 324 g/mol. The molecule has 0 spiro atoms. The summed E-state index contributed by atoms with van der Waals surface area (Å²) in [4.78, 5) is 10.7. The van der Waals surface area contributed by atoms with E-state index in [-0.39, 0.29) is 49.6 Å². The first kappa shape index (κ1) is 22.2. The Balaban J connectivity index is -0.000000490. The molecule has 1 aromatic heterocycles. The molecular formula is C9H18Cl4N4. The molecule has 0 saturated carbocycles. The second-order valence-electron chi connectivity index (χ2n) is 3.35. The summed E-state index contributed by atoms with van der Waals surface area (Å²) >= 11 is 0. The van der Waals surface area contributed by atoms with Crippen molar-refractivity contribution >= 4 is 55.6 Å². The van der Waals surface area contributed by atoms with Gasteiger partial charge in [0.1, 0.15) is 0 Å². The zero-order valence-electron chi connectivity index (χ0n) is 9.41. The van der Waals surface area contributed by atoms with Crippen molar-refractivity contribution < 1.29 is 0 Å². The lowest BCUT2D eigenvalue weighted by molar-refractivity contribution is 0.479. The Hall–Kier alpha value is -0.000000000000000111. The lowest BCUT2D eigenvalue weighted by Gasteiger charge is -2.31. The standard InChI is InChI=1S/C9H14N4.4ClH/c1-8-7-13(6-5-10-8)9-11-3-2-4-12-9;;;;/h2-4,8,10H,5-7H2,1H3;4*1H/t8-;;;;/m0..../s1. The molecule has 0 amide bonds. The van der Waals surface area contributed by atoms with Crippen LogP contribution in [0.2, 0.25) is 0 Å². The smallest absolute Gasteiger partial charge is 0.225 e. The molecule has 2 rings (SSSR count). The van der Waals surface area contributed by atoms with E-state index < -0.39 is 0 Å². The first-order valence-corrected chi connectivity index (χ1v) is 4.61. The molecule has 0 unspecified atom stereocenters. The highest BCUT2D eigenvalue weighted by molar-refractivity contribution is 5.86. The predicted octanol–water partition coefficient (Wildman–Crippen LogP) is 1.96. The third-order valence-electron chi connectivity index (χ3n) is 2.20. The summed E-state index contributed by atoms with van der Waals surface area (Å²) < 4.78 is 0. The largest absolute Gasteiger partial charge is 0.338 e. The molecule has 1 aliphatic rings. The highest BCUT2D eigenvalue weighted by atomic mass is 35.5. The van der Waals surface area contributed by atoms with Gasteiger partial charge >= 0.3 is 0 Å². The Kier molecular flexibility index (Phi) is 14.5. The van der Waals surface area contributed by atoms with Gasteiger partial charge in [0.15, 0.2) is 0 Å². The minimum atomic E-state index is 0. The summed E-state index contributed by atoms with van der Waals surface area (Å²) in [6.45, 7) is 5.17. The Bertz CT molecular complexity index is 275. The number of hydrogen-bond acceptors (Lipinski definition) is 4. The van der Waals surface area contributed by atoms with Gasteiger partial charge < -0.3 is 10.2 Å². The fraction of sp³-hybridized carbons (Fsp3) is 0.556. The van der Waals surface area contributed by atoms with Crippen molar-refractivity contribution in [3.05, 3.63) is 18.5 Å². The second kappa shape index (κ2) is 11.1. The van der Waals surface area contributed by atoms with Crippen LogP contribution in [0.5, 0.6) is 0 Å². The van der Waals surface area contributed by atoms with Crippen LogP contribution in [0.4, 0.5) is 5.95 Å². The summed E-state index contributed by atoms with van der Waals surface area (Å²) in [5.74, 6) is 0.843. The lowest BCUT2D eigenvalue weighted by Crippen LogP contribution is -2.49. The fourth-order valence-corrected chi connectivity index (χ4v) is 1.57. The molecule has 1 N–H and O–H groups in total. The van der Waals surface area contributed by atoms with Gasteiger partial charge in [0.05, 0.1) is 0 Å². The average Bonchev–Trinajstić information content (AvgIpc) is 2.19. The van der Waals surface area contributed by atoms with Crippen LogP contribution in [0.1, 0.15) is 6.92 Å². The molecule has 1 aliphatic heterocycles. The number of halogens is 4. The summed E-state index contributed by atoms with van der Waals surface area (Å²) in [6, 6.07) is 2.37. The van der Waals surface area contributed by atoms with Crippen LogP contribution in [-0.4, -0.2) is 35.6 Å². The van der Waals surface area contributed by atoms with Crippen molar-refractivity contribution in [1.82, 2.24) is 15.3 Å². The molecule has 2 heterocycles. The normalized spacial score (nSPS) is 17.7. The van der Waals surface area contributed by atoms with Gasteiger partial charge in [-0.25, -0.2) is 9.97 Å². The number of nitrogens with one attached hydrogen (secondary N) is 1. The predicted molar refractivity (Wildman–Crippen MR) is 80.7 cm³/mol. The minimum absolute atomic E-state index is 0. The molecule has 0 aromatic carbocycles. The molecule has 4 nitrogen and oxygen atoms in total. The van der Waals surface area contributed by atoms with Gasteiger partial charge in [-0.2, -0.15) is 0 Å². The quantitative estimate of drug-likeness (QED) is 0.857. The van der Waals surface area contributed by atoms with Crippen LogP contribution >= 0.6 is 49.6 Å². The van der Waals surface area contributed by atoms with Crippen molar-refractivity contribution in [2.24, 2.45) is 0 Å². The SMILES string of the molecule is C[C@H]1CN(c2ncccn2)CCN1.Cl.Cl.Cl.Cl. The molecule has 0 aliphatic carbocycles. The molecule has 1 saturated heterocycles. The molecule has 8 heteroatoms. The van der Waals surface area contributed by atoms with E-state index >= 15 is 0 Å². The van der Waals surface area contributed by atoms with Crippen LogP contribution in [0.15, 0.2) is 18.5 Å². The van der Waals surface area contributed by atoms with E-state index in [1.54, 1.807) is 12.4 Å². The number of hydrogen-bond donors (Lipinski definition) is 1. The second-order valence-corrected chi connectivity index (χ2v) is 3.35. The van der Waals surface area contributed by atoms with Gasteiger partial charge in [-0.15, -0.1) is 49.6 Å². The molecule has 1 atom stereocenters. The van der Waals surface area contributed by atoms with Gasteiger partial charge in [-0.05, 0) is 13.0 Å². The monoisotopic (exact) mass is 322 g/mol. The van der Waals surface area contributed by atoms with E-state index in [0.29, 0.717) is 6.04 Å². The Morgan fingerprint density at radius 3 is 2.29 bits per heavy atom. The van der Waals surface area contributed by atoms with Gasteiger partial charge in [0, 0.05) is 38.1 Å². The first-order chi connectivity index (χ1) is 6.36. The van der Waals surface area contributed by atoms with Gasteiger partial charge in [-0.1, -0.05) is 0 Å². The van der Waals surface area contributed by atoms with Crippen molar-refractivity contribution in [3.8, 4) is 0 Å². The number of piperazine rings is 1. The fourth-order valence-electron chi connectivity index (χ4n) is 1.57. The first-order valence-electron chi connectivity index (χ1n) is 4.61. The number of aromatic nitrogens is 2. The van der Waals surface area contributed by atoms with E-state index in [4.69, 9.17) is 0 Å². The lowest BCUT2D eigenvalue weighted by atomic mass is 10.2. The van der Waals surface area contributed by atoms with Crippen LogP contribution in [0, 0.1) is 0 Å². The Morgan fingerprint density at radius 2 is 1.76 bits per heavy atom. The van der Waals surface area contributed by atoms with E-state index in [1.165, 1.54) is 0 Å². The van der Waals surface area contributed by atoms with Gasteiger partial charge in [0.2, 0.25) is 5.95 Å². The topological polar surface area (TPSA) is 41.1 Å². The minimum Gasteiger partial charge on any atom is -0.338 e. The van der Waals surface area contributed by atoms with E-state index in [1.807, 2.05) is 6.07 Å². The van der Waals surface area contributed by atoms with Crippen LogP contribution in [0.25, 0.3) is 0 Å². The highest BCUT2D eigenvalue weighted by Crippen LogP contribution is 2.07. The summed E-state index contributed by atoms with van der Waals surface area (Å²) in [7, 11) is 0. The number of anilines is 1. The van der Waals surface area contributed by atoms with Crippen LogP contribution < -0.4 is 10.2 Å². The Morgan fingerprint density at radius 1 is 1.18 bits per heavy atom. The molecule has 102 valence electrons. The Labute approximate surface area is 127 Å². The zero-order valence-corrected chi connectivity index (χ0v) is 12.7. The highest BCUT2D eigenvalue weighted by Gasteiger charge is 2.16. The van der Waals surface area contributed by atoms with Crippen LogP contribution in [-0.2, 0) is 0 Å². The van der Waals surface area contributed by atoms with Crippen molar-refractivity contribution in [1.29, 1.82) is 0 Å². The zero-order chi connectivity index (χ0) is 9.10. The van der Waals surface area contributed by atoms with E-state index in [2.05, 4.69) is 27.1 Å². The van der Waals surface area contributed by atoms with Gasteiger partial charge in [0.25, 0.3) is 0 Å². The summed E-state index contributed by atoms with van der Waals surface area (Å²) in [6.07, 6.45) is 3.57. The van der Waals surface area contributed by atoms with Crippen molar-refractivity contribution in [2.75, 3.05) is 24.5 Å². The van der Waals surface area contributed by atoms with Crippen molar-refractivity contribution in [2.45, 2.75) is 13.0 Å². The van der Waals surface area contributed by atoms with E-state index in [0.717, 1.165) is 25.6 Å². The van der Waals surface area contributed by atoms with Crippen LogP contribution in [0.3, 0.4) is 0 Å². The molecule has 17 heavy (non-hydrogen) atoms. The third-order valence-corrected chi connectivity index (χ3v) is 2.20. The van der Waals surface area contributed by atoms with Gasteiger partial charge in [-0.3, -0.25) is 0 Å². The third kappa shape index (κ3) is 6.48.